The molecule has 0 radical (unpaired) electrons. The van der Waals surface area contributed by atoms with Crippen LogP contribution in [0, 0.1) is 0 Å². The summed E-state index contributed by atoms with van der Waals surface area (Å²) < 4.78 is 10.3. The van der Waals surface area contributed by atoms with Gasteiger partial charge in [-0.25, -0.2) is 4.79 Å². The first kappa shape index (κ1) is 23.2. The van der Waals surface area contributed by atoms with Crippen molar-refractivity contribution in [1.82, 2.24) is 0 Å². The van der Waals surface area contributed by atoms with Crippen LogP contribution in [0.15, 0.2) is 33.7 Å². The quantitative estimate of drug-likeness (QED) is 0.127. The fraction of sp³-hybridized carbons (Fsp3) is 0.450. The highest BCUT2D eigenvalue weighted by molar-refractivity contribution is 6.08. The summed E-state index contributed by atoms with van der Waals surface area (Å²) in [6.07, 6.45) is 0.236. The third kappa shape index (κ3) is 7.72. The lowest BCUT2D eigenvalue weighted by Crippen LogP contribution is -2.10. The zero-order chi connectivity index (χ0) is 21.9. The van der Waals surface area contributed by atoms with Gasteiger partial charge < -0.3 is 24.0 Å². The molecule has 0 saturated carbocycles. The van der Waals surface area contributed by atoms with Crippen molar-refractivity contribution < 1.29 is 33.6 Å². The number of hydrogen-bond donors (Lipinski definition) is 0. The zero-order valence-electron chi connectivity index (χ0n) is 17.4. The molecular formula is C20H25N3O7. The molecule has 0 bridgehead atoms. The van der Waals surface area contributed by atoms with Crippen molar-refractivity contribution in [2.45, 2.75) is 33.3 Å². The van der Waals surface area contributed by atoms with E-state index in [1.807, 2.05) is 12.1 Å². The first-order valence-electron chi connectivity index (χ1n) is 9.26. The molecule has 1 atom stereocenters. The maximum atomic E-state index is 11.8. The van der Waals surface area contributed by atoms with E-state index >= 15 is 0 Å². The number of carbonyl (C=O) groups excluding carboxylic acids is 2. The second kappa shape index (κ2) is 11.8. The van der Waals surface area contributed by atoms with Gasteiger partial charge in [-0.2, -0.15) is 0 Å². The number of carbonyl (C=O) groups is 2. The minimum absolute atomic E-state index is 0.0865. The molecule has 1 aromatic carbocycles. The fourth-order valence-corrected chi connectivity index (χ4v) is 2.35. The Bertz CT molecular complexity index is 845. The summed E-state index contributed by atoms with van der Waals surface area (Å²) >= 11 is 0. The Kier molecular flexibility index (Phi) is 9.10. The Balaban J connectivity index is 2.12. The second-order valence-corrected chi connectivity index (χ2v) is 6.46. The molecule has 1 aromatic rings. The molecule has 0 amide bonds. The number of benzene rings is 1. The molecule has 0 N–H and O–H groups in total. The smallest absolute Gasteiger partial charge is 0.337 e. The van der Waals surface area contributed by atoms with Gasteiger partial charge in [0.05, 0.1) is 43.4 Å². The molecule has 10 nitrogen and oxygen atoms in total. The SMILES string of the molecule is CO/N=C(\C)c1cc(/C(C)=N\OC=O)cc(/C(C)=N/OC(=O)CCOCC2CO2)c1. The van der Waals surface area contributed by atoms with Crippen molar-refractivity contribution in [3.8, 4) is 0 Å². The molecule has 0 aromatic heterocycles. The lowest BCUT2D eigenvalue weighted by Gasteiger charge is -2.09. The molecule has 30 heavy (non-hydrogen) atoms. The van der Waals surface area contributed by atoms with E-state index in [2.05, 4.69) is 20.3 Å². The molecule has 10 heteroatoms. The molecule has 1 fully saturated rings. The first-order valence-corrected chi connectivity index (χ1v) is 9.26. The van der Waals surface area contributed by atoms with Gasteiger partial charge in [-0.15, -0.1) is 0 Å². The van der Waals surface area contributed by atoms with Crippen molar-refractivity contribution in [2.75, 3.05) is 26.9 Å². The summed E-state index contributed by atoms with van der Waals surface area (Å²) in [7, 11) is 1.45. The number of nitrogens with zero attached hydrogens (tertiary/aromatic N) is 3. The number of epoxide rings is 1. The summed E-state index contributed by atoms with van der Waals surface area (Å²) in [5.41, 5.74) is 3.63. The molecule has 1 aliphatic heterocycles. The number of ether oxygens (including phenoxy) is 2. The maximum Gasteiger partial charge on any atom is 0.337 e. The van der Waals surface area contributed by atoms with Crippen LogP contribution in [0.2, 0.25) is 0 Å². The van der Waals surface area contributed by atoms with Gasteiger partial charge >= 0.3 is 12.4 Å². The third-order valence-corrected chi connectivity index (χ3v) is 4.09. The fourth-order valence-electron chi connectivity index (χ4n) is 2.35. The van der Waals surface area contributed by atoms with Crippen LogP contribution in [0.4, 0.5) is 0 Å². The van der Waals surface area contributed by atoms with Crippen LogP contribution in [0.3, 0.4) is 0 Å². The van der Waals surface area contributed by atoms with Gasteiger partial charge in [-0.05, 0) is 39.0 Å². The summed E-state index contributed by atoms with van der Waals surface area (Å²) in [4.78, 5) is 36.5. The van der Waals surface area contributed by atoms with Crippen LogP contribution >= 0.6 is 0 Å². The second-order valence-electron chi connectivity index (χ2n) is 6.46. The highest BCUT2D eigenvalue weighted by Crippen LogP contribution is 2.15. The van der Waals surface area contributed by atoms with Crippen LogP contribution in [-0.4, -0.2) is 62.6 Å². The van der Waals surface area contributed by atoms with Crippen molar-refractivity contribution >= 4 is 29.6 Å². The highest BCUT2D eigenvalue weighted by Gasteiger charge is 2.22. The molecule has 1 unspecified atom stereocenters. The van der Waals surface area contributed by atoms with E-state index in [1.165, 1.54) is 7.11 Å². The molecule has 162 valence electrons. The third-order valence-electron chi connectivity index (χ3n) is 4.09. The molecule has 0 aliphatic carbocycles. The van der Waals surface area contributed by atoms with Gasteiger partial charge in [-0.3, -0.25) is 4.79 Å². The first-order chi connectivity index (χ1) is 14.4. The summed E-state index contributed by atoms with van der Waals surface area (Å²) in [6, 6.07) is 5.41. The van der Waals surface area contributed by atoms with E-state index in [1.54, 1.807) is 26.8 Å². The summed E-state index contributed by atoms with van der Waals surface area (Å²) in [6.45, 7) is 6.82. The monoisotopic (exact) mass is 419 g/mol. The van der Waals surface area contributed by atoms with Gasteiger partial charge in [-0.1, -0.05) is 15.5 Å². The van der Waals surface area contributed by atoms with Crippen LogP contribution in [0.5, 0.6) is 0 Å². The Hall–Kier alpha value is -3.11. The van der Waals surface area contributed by atoms with E-state index in [0.29, 0.717) is 41.5 Å². The minimum atomic E-state index is -0.503. The highest BCUT2D eigenvalue weighted by atomic mass is 16.7. The van der Waals surface area contributed by atoms with Crippen LogP contribution in [0.1, 0.15) is 43.9 Å². The van der Waals surface area contributed by atoms with Gasteiger partial charge in [0, 0.05) is 16.7 Å². The maximum absolute atomic E-state index is 11.8. The van der Waals surface area contributed by atoms with Gasteiger partial charge in [0.1, 0.15) is 13.2 Å². The normalized spacial score (nSPS) is 16.8. The van der Waals surface area contributed by atoms with E-state index in [9.17, 15) is 9.59 Å². The zero-order valence-corrected chi connectivity index (χ0v) is 17.4. The van der Waals surface area contributed by atoms with Crippen LogP contribution in [-0.2, 0) is 33.6 Å². The van der Waals surface area contributed by atoms with E-state index in [4.69, 9.17) is 19.1 Å². The average Bonchev–Trinajstić information content (AvgIpc) is 3.57. The predicted octanol–water partition coefficient (Wildman–Crippen LogP) is 2.03. The molecule has 2 rings (SSSR count). The van der Waals surface area contributed by atoms with Crippen LogP contribution < -0.4 is 0 Å². The Labute approximate surface area is 174 Å². The van der Waals surface area contributed by atoms with Crippen molar-refractivity contribution in [3.05, 3.63) is 34.9 Å². The van der Waals surface area contributed by atoms with E-state index in [0.717, 1.165) is 5.56 Å². The van der Waals surface area contributed by atoms with Gasteiger partial charge in [0.2, 0.25) is 0 Å². The summed E-state index contributed by atoms with van der Waals surface area (Å²) in [5, 5.41) is 11.6. The van der Waals surface area contributed by atoms with Crippen LogP contribution in [0.25, 0.3) is 0 Å². The van der Waals surface area contributed by atoms with E-state index < -0.39 is 5.97 Å². The number of hydrogen-bond acceptors (Lipinski definition) is 10. The minimum Gasteiger partial charge on any atom is -0.399 e. The lowest BCUT2D eigenvalue weighted by atomic mass is 9.98. The van der Waals surface area contributed by atoms with E-state index in [-0.39, 0.29) is 25.6 Å². The Morgan fingerprint density at radius 2 is 1.63 bits per heavy atom. The molecule has 1 saturated heterocycles. The molecular weight excluding hydrogens is 394 g/mol. The Morgan fingerprint density at radius 1 is 1.07 bits per heavy atom. The standard InChI is InChI=1S/C20H25N3O7/c1-13(21-26-4)16-7-17(14(2)22-29-12-24)9-18(8-16)15(3)23-30-20(25)5-6-27-10-19-11-28-19/h7-9,12,19H,5-6,10-11H2,1-4H3/b21-13+,22-14-,23-15+. The van der Waals surface area contributed by atoms with Gasteiger partial charge in [0.15, 0.2) is 0 Å². The molecule has 1 aliphatic rings. The summed E-state index contributed by atoms with van der Waals surface area (Å²) in [5.74, 6) is -0.503. The topological polar surface area (TPSA) is 121 Å². The largest absolute Gasteiger partial charge is 0.399 e. The predicted molar refractivity (Wildman–Crippen MR) is 109 cm³/mol. The van der Waals surface area contributed by atoms with Crippen molar-refractivity contribution in [2.24, 2.45) is 15.5 Å². The van der Waals surface area contributed by atoms with Gasteiger partial charge in [0.25, 0.3) is 0 Å². The molecule has 0 spiro atoms. The number of oxime groups is 3. The van der Waals surface area contributed by atoms with Crippen molar-refractivity contribution in [1.29, 1.82) is 0 Å². The lowest BCUT2D eigenvalue weighted by molar-refractivity contribution is -0.144. The van der Waals surface area contributed by atoms with Crippen molar-refractivity contribution in [3.63, 3.8) is 0 Å². The Morgan fingerprint density at radius 3 is 2.17 bits per heavy atom. The number of rotatable bonds is 12. The molecule has 1 heterocycles. The average molecular weight is 419 g/mol.